The van der Waals surface area contributed by atoms with Crippen LogP contribution in [0.1, 0.15) is 49.4 Å². The molecule has 20 heavy (non-hydrogen) atoms. The Kier molecular flexibility index (Phi) is 5.60. The summed E-state index contributed by atoms with van der Waals surface area (Å²) in [5.74, 6) is 0.932. The molecule has 2 N–H and O–H groups in total. The second-order valence-corrected chi connectivity index (χ2v) is 5.86. The maximum Gasteiger partial charge on any atom is 0.122 e. The predicted octanol–water partition coefficient (Wildman–Crippen LogP) is 3.43. The molecule has 0 bridgehead atoms. The molecule has 3 heteroatoms. The first-order chi connectivity index (χ1) is 9.33. The van der Waals surface area contributed by atoms with Gasteiger partial charge in [-0.25, -0.2) is 0 Å². The molecule has 0 aliphatic carbocycles. The summed E-state index contributed by atoms with van der Waals surface area (Å²) in [7, 11) is 5.96. The van der Waals surface area contributed by atoms with Crippen LogP contribution in [-0.2, 0) is 0 Å². The number of methoxy groups -OCH3 is 1. The highest BCUT2D eigenvalue weighted by Crippen LogP contribution is 2.37. The van der Waals surface area contributed by atoms with E-state index in [1.165, 1.54) is 11.1 Å². The third kappa shape index (κ3) is 2.84. The zero-order chi connectivity index (χ0) is 15.5. The first kappa shape index (κ1) is 17.0. The third-order valence-corrected chi connectivity index (χ3v) is 4.81. The van der Waals surface area contributed by atoms with Crippen molar-refractivity contribution in [3.63, 3.8) is 0 Å². The number of nitrogens with zero attached hydrogens (tertiary/aromatic N) is 1. The summed E-state index contributed by atoms with van der Waals surface area (Å²) in [5, 5.41) is 0. The number of nitrogens with two attached hydrogens (primary N) is 1. The summed E-state index contributed by atoms with van der Waals surface area (Å²) in [6.45, 7) is 8.62. The first-order valence-electron chi connectivity index (χ1n) is 7.42. The Bertz CT molecular complexity index is 451. The molecule has 1 rings (SSSR count). The molecule has 0 heterocycles. The van der Waals surface area contributed by atoms with E-state index in [9.17, 15) is 0 Å². The lowest BCUT2D eigenvalue weighted by atomic mass is 9.78. The van der Waals surface area contributed by atoms with Gasteiger partial charge in [0.25, 0.3) is 0 Å². The third-order valence-electron chi connectivity index (χ3n) is 4.81. The zero-order valence-electron chi connectivity index (χ0n) is 14.1. The first-order valence-corrected chi connectivity index (χ1v) is 7.42. The molecule has 0 amide bonds. The van der Waals surface area contributed by atoms with Crippen molar-refractivity contribution in [1.29, 1.82) is 0 Å². The van der Waals surface area contributed by atoms with Crippen molar-refractivity contribution in [1.82, 2.24) is 4.90 Å². The van der Waals surface area contributed by atoms with Gasteiger partial charge >= 0.3 is 0 Å². The minimum absolute atomic E-state index is 0.00268. The van der Waals surface area contributed by atoms with E-state index in [-0.39, 0.29) is 11.6 Å². The van der Waals surface area contributed by atoms with Crippen LogP contribution >= 0.6 is 0 Å². The average Bonchev–Trinajstić information content (AvgIpc) is 2.42. The lowest BCUT2D eigenvalue weighted by Crippen LogP contribution is -2.51. The van der Waals surface area contributed by atoms with Gasteiger partial charge in [-0.2, -0.15) is 0 Å². The van der Waals surface area contributed by atoms with Crippen LogP contribution in [-0.4, -0.2) is 31.6 Å². The maximum atomic E-state index is 6.67. The largest absolute Gasteiger partial charge is 0.496 e. The second kappa shape index (κ2) is 6.59. The van der Waals surface area contributed by atoms with E-state index in [2.05, 4.69) is 58.8 Å². The molecule has 0 fully saturated rings. The highest BCUT2D eigenvalue weighted by Gasteiger charge is 2.37. The van der Waals surface area contributed by atoms with Gasteiger partial charge in [0.1, 0.15) is 5.75 Å². The summed E-state index contributed by atoms with van der Waals surface area (Å²) in [6.07, 6.45) is 2.06. The van der Waals surface area contributed by atoms with Gasteiger partial charge in [0.15, 0.2) is 0 Å². The minimum atomic E-state index is -0.00815. The van der Waals surface area contributed by atoms with E-state index in [1.807, 2.05) is 0 Å². The Hall–Kier alpha value is -1.06. The second-order valence-electron chi connectivity index (χ2n) is 5.86. The van der Waals surface area contributed by atoms with Gasteiger partial charge in [-0.15, -0.1) is 0 Å². The monoisotopic (exact) mass is 278 g/mol. The molecular weight excluding hydrogens is 248 g/mol. The Labute approximate surface area is 124 Å². The van der Waals surface area contributed by atoms with Crippen molar-refractivity contribution in [2.75, 3.05) is 21.2 Å². The lowest BCUT2D eigenvalue weighted by Gasteiger charge is -2.44. The smallest absolute Gasteiger partial charge is 0.122 e. The number of likely N-dealkylation sites (N-methyl/N-ethyl adjacent to an activating group) is 1. The van der Waals surface area contributed by atoms with Crippen molar-refractivity contribution in [3.8, 4) is 5.75 Å². The Morgan fingerprint density at radius 2 is 1.70 bits per heavy atom. The van der Waals surface area contributed by atoms with Crippen molar-refractivity contribution in [2.45, 2.75) is 52.1 Å². The number of rotatable bonds is 6. The lowest BCUT2D eigenvalue weighted by molar-refractivity contribution is 0.105. The van der Waals surface area contributed by atoms with Gasteiger partial charge in [0.2, 0.25) is 0 Å². The summed E-state index contributed by atoms with van der Waals surface area (Å²) in [6, 6.07) is 4.27. The van der Waals surface area contributed by atoms with Crippen LogP contribution in [0.4, 0.5) is 0 Å². The number of benzene rings is 1. The summed E-state index contributed by atoms with van der Waals surface area (Å²) in [4.78, 5) is 2.27. The molecule has 0 saturated carbocycles. The number of hydrogen-bond acceptors (Lipinski definition) is 3. The van der Waals surface area contributed by atoms with Gasteiger partial charge in [-0.05, 0) is 63.5 Å². The highest BCUT2D eigenvalue weighted by atomic mass is 16.5. The topological polar surface area (TPSA) is 38.5 Å². The minimum Gasteiger partial charge on any atom is -0.496 e. The molecule has 0 radical (unpaired) electrons. The molecule has 114 valence electrons. The van der Waals surface area contributed by atoms with E-state index < -0.39 is 0 Å². The molecular formula is C17H30N2O. The van der Waals surface area contributed by atoms with E-state index >= 15 is 0 Å². The van der Waals surface area contributed by atoms with Gasteiger partial charge in [-0.1, -0.05) is 19.9 Å². The van der Waals surface area contributed by atoms with Crippen LogP contribution in [0.2, 0.25) is 0 Å². The fraction of sp³-hybridized carbons (Fsp3) is 0.647. The summed E-state index contributed by atoms with van der Waals surface area (Å²) < 4.78 is 5.40. The molecule has 1 aromatic rings. The van der Waals surface area contributed by atoms with Crippen molar-refractivity contribution in [3.05, 3.63) is 28.8 Å². The fourth-order valence-electron chi connectivity index (χ4n) is 3.26. The SMILES string of the molecule is CCC(CC)(C(N)c1cc(C)c(OC)cc1C)N(C)C. The Morgan fingerprint density at radius 1 is 1.15 bits per heavy atom. The molecule has 0 aromatic heterocycles. The van der Waals surface area contributed by atoms with Crippen molar-refractivity contribution < 1.29 is 4.74 Å². The average molecular weight is 278 g/mol. The van der Waals surface area contributed by atoms with E-state index in [0.29, 0.717) is 0 Å². The standard InChI is InChI=1S/C17H30N2O/c1-8-17(9-2,19(5)6)16(18)14-10-13(4)15(20-7)11-12(14)3/h10-11,16H,8-9,18H2,1-7H3. The molecule has 3 nitrogen and oxygen atoms in total. The Balaban J connectivity index is 3.32. The van der Waals surface area contributed by atoms with Crippen LogP contribution in [0.15, 0.2) is 12.1 Å². The van der Waals surface area contributed by atoms with Crippen LogP contribution in [0.3, 0.4) is 0 Å². The molecule has 1 aromatic carbocycles. The van der Waals surface area contributed by atoms with Crippen LogP contribution in [0, 0.1) is 13.8 Å². The van der Waals surface area contributed by atoms with Gasteiger partial charge in [0.05, 0.1) is 7.11 Å². The molecule has 0 saturated heterocycles. The van der Waals surface area contributed by atoms with Crippen LogP contribution in [0.5, 0.6) is 5.75 Å². The summed E-state index contributed by atoms with van der Waals surface area (Å²) in [5.41, 5.74) is 10.2. The summed E-state index contributed by atoms with van der Waals surface area (Å²) >= 11 is 0. The highest BCUT2D eigenvalue weighted by molar-refractivity contribution is 5.43. The zero-order valence-corrected chi connectivity index (χ0v) is 14.1. The normalized spacial score (nSPS) is 13.7. The van der Waals surface area contributed by atoms with Gasteiger partial charge in [-0.3, -0.25) is 0 Å². The maximum absolute atomic E-state index is 6.67. The van der Waals surface area contributed by atoms with Crippen molar-refractivity contribution in [2.24, 2.45) is 5.73 Å². The van der Waals surface area contributed by atoms with E-state index in [1.54, 1.807) is 7.11 Å². The molecule has 0 aliphatic rings. The number of aryl methyl sites for hydroxylation is 2. The molecule has 0 spiro atoms. The van der Waals surface area contributed by atoms with Crippen LogP contribution in [0.25, 0.3) is 0 Å². The fourth-order valence-corrected chi connectivity index (χ4v) is 3.26. The van der Waals surface area contributed by atoms with Crippen LogP contribution < -0.4 is 10.5 Å². The number of ether oxygens (including phenoxy) is 1. The Morgan fingerprint density at radius 3 is 2.10 bits per heavy atom. The van der Waals surface area contributed by atoms with Gasteiger partial charge < -0.3 is 15.4 Å². The predicted molar refractivity (Wildman–Crippen MR) is 86.4 cm³/mol. The van der Waals surface area contributed by atoms with E-state index in [4.69, 9.17) is 10.5 Å². The van der Waals surface area contributed by atoms with Crippen molar-refractivity contribution >= 4 is 0 Å². The molecule has 0 aliphatic heterocycles. The molecule has 1 atom stereocenters. The molecule has 1 unspecified atom stereocenters. The quantitative estimate of drug-likeness (QED) is 0.866. The van der Waals surface area contributed by atoms with E-state index in [0.717, 1.165) is 24.2 Å². The van der Waals surface area contributed by atoms with Gasteiger partial charge in [0, 0.05) is 11.6 Å². The number of hydrogen-bond donors (Lipinski definition) is 1.